The molecule has 11 heavy (non-hydrogen) atoms. The lowest BCUT2D eigenvalue weighted by atomic mass is 10.2. The molecule has 0 heterocycles. The van der Waals surface area contributed by atoms with Gasteiger partial charge < -0.3 is 4.90 Å². The maximum atomic E-state index is 12.3. The van der Waals surface area contributed by atoms with Crippen LogP contribution in [0.25, 0.3) is 0 Å². The third kappa shape index (κ3) is 8.01. The zero-order chi connectivity index (χ0) is 8.91. The van der Waals surface area contributed by atoms with Gasteiger partial charge in [-0.05, 0) is 14.0 Å². The van der Waals surface area contributed by atoms with Crippen LogP contribution in [0.5, 0.6) is 0 Å². The largest absolute Gasteiger partial charge is 0.305 e. The SMILES string of the molecule is CN(CCCl)CCC(C)(F)F. The maximum Gasteiger partial charge on any atom is 0.246 e. The van der Waals surface area contributed by atoms with E-state index in [1.54, 1.807) is 11.9 Å². The molecule has 0 atom stereocenters. The summed E-state index contributed by atoms with van der Waals surface area (Å²) in [4.78, 5) is 1.80. The summed E-state index contributed by atoms with van der Waals surface area (Å²) in [7, 11) is 1.79. The van der Waals surface area contributed by atoms with Gasteiger partial charge in [-0.25, -0.2) is 8.78 Å². The van der Waals surface area contributed by atoms with Crippen molar-refractivity contribution in [3.8, 4) is 0 Å². The second-order valence-corrected chi connectivity index (χ2v) is 3.19. The summed E-state index contributed by atoms with van der Waals surface area (Å²) in [6.07, 6.45) is -0.0968. The fourth-order valence-electron chi connectivity index (χ4n) is 0.643. The van der Waals surface area contributed by atoms with Gasteiger partial charge in [0.05, 0.1) is 0 Å². The Labute approximate surface area is 71.3 Å². The molecule has 68 valence electrons. The molecular formula is C7H14ClF2N. The first-order valence-corrected chi connectivity index (χ1v) is 4.11. The number of hydrogen-bond acceptors (Lipinski definition) is 1. The van der Waals surface area contributed by atoms with E-state index in [4.69, 9.17) is 11.6 Å². The summed E-state index contributed by atoms with van der Waals surface area (Å²) < 4.78 is 24.5. The van der Waals surface area contributed by atoms with Crippen molar-refractivity contribution in [1.29, 1.82) is 0 Å². The number of rotatable bonds is 5. The van der Waals surface area contributed by atoms with E-state index in [0.29, 0.717) is 19.0 Å². The van der Waals surface area contributed by atoms with Gasteiger partial charge >= 0.3 is 0 Å². The van der Waals surface area contributed by atoms with Crippen molar-refractivity contribution in [1.82, 2.24) is 4.90 Å². The highest BCUT2D eigenvalue weighted by Crippen LogP contribution is 2.16. The topological polar surface area (TPSA) is 3.24 Å². The van der Waals surface area contributed by atoms with Crippen LogP contribution < -0.4 is 0 Å². The van der Waals surface area contributed by atoms with Gasteiger partial charge in [0.2, 0.25) is 5.92 Å². The molecule has 0 aliphatic heterocycles. The Morgan fingerprint density at radius 2 is 1.91 bits per heavy atom. The zero-order valence-electron chi connectivity index (χ0n) is 6.91. The van der Waals surface area contributed by atoms with Gasteiger partial charge in [-0.3, -0.25) is 0 Å². The van der Waals surface area contributed by atoms with Gasteiger partial charge in [0.1, 0.15) is 0 Å². The van der Waals surface area contributed by atoms with Gasteiger partial charge in [0.25, 0.3) is 0 Å². The Kier molecular flexibility index (Phi) is 4.93. The first-order chi connectivity index (χ1) is 4.95. The predicted octanol–water partition coefficient (Wildman–Crippen LogP) is 2.20. The molecule has 4 heteroatoms. The van der Waals surface area contributed by atoms with Crippen molar-refractivity contribution < 1.29 is 8.78 Å². The van der Waals surface area contributed by atoms with Gasteiger partial charge in [-0.2, -0.15) is 0 Å². The standard InChI is InChI=1S/C7H14ClF2N/c1-7(9,10)3-5-11(2)6-4-8/h3-6H2,1-2H3. The summed E-state index contributed by atoms with van der Waals surface area (Å²) in [6.45, 7) is 2.00. The first kappa shape index (κ1) is 11.1. The fraction of sp³-hybridized carbons (Fsp3) is 1.00. The van der Waals surface area contributed by atoms with Crippen LogP contribution in [0.15, 0.2) is 0 Å². The summed E-state index contributed by atoms with van der Waals surface area (Å²) in [5.74, 6) is -2.06. The van der Waals surface area contributed by atoms with Crippen LogP contribution in [0.2, 0.25) is 0 Å². The molecule has 0 unspecified atom stereocenters. The Morgan fingerprint density at radius 3 is 2.27 bits per heavy atom. The minimum Gasteiger partial charge on any atom is -0.305 e. The van der Waals surface area contributed by atoms with Crippen molar-refractivity contribution in [2.75, 3.05) is 26.0 Å². The molecule has 0 aromatic rings. The van der Waals surface area contributed by atoms with Gasteiger partial charge in [0, 0.05) is 25.4 Å². The molecule has 0 aromatic heterocycles. The molecule has 0 saturated carbocycles. The van der Waals surface area contributed by atoms with E-state index in [-0.39, 0.29) is 6.42 Å². The second kappa shape index (κ2) is 4.88. The summed E-state index contributed by atoms with van der Waals surface area (Å²) in [5, 5.41) is 0. The Hall–Kier alpha value is 0.110. The second-order valence-electron chi connectivity index (χ2n) is 2.81. The number of hydrogen-bond donors (Lipinski definition) is 0. The highest BCUT2D eigenvalue weighted by atomic mass is 35.5. The van der Waals surface area contributed by atoms with E-state index in [2.05, 4.69) is 0 Å². The Balaban J connectivity index is 3.38. The van der Waals surface area contributed by atoms with E-state index in [0.717, 1.165) is 6.92 Å². The lowest BCUT2D eigenvalue weighted by molar-refractivity contribution is 0.00566. The van der Waals surface area contributed by atoms with E-state index in [1.165, 1.54) is 0 Å². The van der Waals surface area contributed by atoms with Crippen LogP contribution in [0.1, 0.15) is 13.3 Å². The lowest BCUT2D eigenvalue weighted by Gasteiger charge is -2.17. The molecule has 0 aliphatic carbocycles. The number of nitrogens with zero attached hydrogens (tertiary/aromatic N) is 1. The summed E-state index contributed by atoms with van der Waals surface area (Å²) >= 11 is 5.42. The van der Waals surface area contributed by atoms with E-state index in [9.17, 15) is 8.78 Å². The van der Waals surface area contributed by atoms with Crippen molar-refractivity contribution in [2.45, 2.75) is 19.3 Å². The highest BCUT2D eigenvalue weighted by molar-refractivity contribution is 6.18. The minimum absolute atomic E-state index is 0.0968. The molecule has 0 spiro atoms. The maximum absolute atomic E-state index is 12.3. The average molecular weight is 186 g/mol. The van der Waals surface area contributed by atoms with Gasteiger partial charge in [0.15, 0.2) is 0 Å². The van der Waals surface area contributed by atoms with E-state index in [1.807, 2.05) is 0 Å². The monoisotopic (exact) mass is 185 g/mol. The molecule has 0 aromatic carbocycles. The quantitative estimate of drug-likeness (QED) is 0.594. The van der Waals surface area contributed by atoms with Crippen LogP contribution in [-0.2, 0) is 0 Å². The fourth-order valence-corrected chi connectivity index (χ4v) is 0.932. The number of halogens is 3. The van der Waals surface area contributed by atoms with Crippen molar-refractivity contribution in [3.05, 3.63) is 0 Å². The van der Waals surface area contributed by atoms with E-state index < -0.39 is 5.92 Å². The van der Waals surface area contributed by atoms with Crippen molar-refractivity contribution in [3.63, 3.8) is 0 Å². The molecule has 0 aliphatic rings. The third-order valence-electron chi connectivity index (χ3n) is 1.40. The van der Waals surface area contributed by atoms with Crippen LogP contribution in [0.4, 0.5) is 8.78 Å². The molecule has 0 fully saturated rings. The van der Waals surface area contributed by atoms with Gasteiger partial charge in [-0.15, -0.1) is 11.6 Å². The average Bonchev–Trinajstić information content (AvgIpc) is 1.83. The molecule has 0 saturated heterocycles. The number of alkyl halides is 3. The molecule has 1 nitrogen and oxygen atoms in total. The van der Waals surface area contributed by atoms with Crippen LogP contribution in [-0.4, -0.2) is 36.8 Å². The normalized spacial score (nSPS) is 12.5. The van der Waals surface area contributed by atoms with Crippen LogP contribution >= 0.6 is 11.6 Å². The minimum atomic E-state index is -2.55. The molecule has 0 N–H and O–H groups in total. The summed E-state index contributed by atoms with van der Waals surface area (Å²) in [6, 6.07) is 0. The lowest BCUT2D eigenvalue weighted by Crippen LogP contribution is -2.26. The predicted molar refractivity (Wildman–Crippen MR) is 43.5 cm³/mol. The first-order valence-electron chi connectivity index (χ1n) is 3.58. The smallest absolute Gasteiger partial charge is 0.246 e. The molecule has 0 amide bonds. The van der Waals surface area contributed by atoms with Crippen molar-refractivity contribution in [2.24, 2.45) is 0 Å². The molecular weight excluding hydrogens is 172 g/mol. The molecule has 0 radical (unpaired) electrons. The molecule has 0 bridgehead atoms. The highest BCUT2D eigenvalue weighted by Gasteiger charge is 2.20. The van der Waals surface area contributed by atoms with E-state index >= 15 is 0 Å². The van der Waals surface area contributed by atoms with Crippen molar-refractivity contribution >= 4 is 11.6 Å². The van der Waals surface area contributed by atoms with Gasteiger partial charge in [-0.1, -0.05) is 0 Å². The summed E-state index contributed by atoms with van der Waals surface area (Å²) in [5.41, 5.74) is 0. The zero-order valence-corrected chi connectivity index (χ0v) is 7.67. The Bertz CT molecular complexity index is 103. The Morgan fingerprint density at radius 1 is 1.36 bits per heavy atom. The molecule has 0 rings (SSSR count). The van der Waals surface area contributed by atoms with Crippen LogP contribution in [0, 0.1) is 0 Å². The van der Waals surface area contributed by atoms with Crippen LogP contribution in [0.3, 0.4) is 0 Å². The third-order valence-corrected chi connectivity index (χ3v) is 1.57.